The number of carbonyl (C=O) groups excluding carboxylic acids is 2. The Bertz CT molecular complexity index is 845. The number of benzene rings is 2. The number of nitrogens with one attached hydrogen (secondary N) is 3. The highest BCUT2D eigenvalue weighted by atomic mass is 16.4. The van der Waals surface area contributed by atoms with Gasteiger partial charge < -0.3 is 21.1 Å². The fourth-order valence-electron chi connectivity index (χ4n) is 2.51. The number of urea groups is 1. The first kappa shape index (κ1) is 18.4. The van der Waals surface area contributed by atoms with Gasteiger partial charge in [-0.15, -0.1) is 0 Å². The van der Waals surface area contributed by atoms with Crippen LogP contribution in [0.15, 0.2) is 48.5 Å². The van der Waals surface area contributed by atoms with Crippen molar-refractivity contribution in [3.8, 4) is 0 Å². The van der Waals surface area contributed by atoms with E-state index in [-0.39, 0.29) is 24.0 Å². The summed E-state index contributed by atoms with van der Waals surface area (Å²) in [6.45, 7) is 0.587. The van der Waals surface area contributed by atoms with Crippen LogP contribution in [0, 0.1) is 0 Å². The SMILES string of the molecule is O=C(NCc1ccc(C(=O)O)cc1)NCc1cccc(C(=O)NC2CC2)c1. The summed E-state index contributed by atoms with van der Waals surface area (Å²) < 4.78 is 0. The summed E-state index contributed by atoms with van der Waals surface area (Å²) in [6.07, 6.45) is 2.07. The summed E-state index contributed by atoms with van der Waals surface area (Å²) in [5.74, 6) is -1.08. The van der Waals surface area contributed by atoms with E-state index in [2.05, 4.69) is 16.0 Å². The van der Waals surface area contributed by atoms with Crippen molar-refractivity contribution in [3.05, 3.63) is 70.8 Å². The van der Waals surface area contributed by atoms with Crippen LogP contribution in [-0.2, 0) is 13.1 Å². The van der Waals surface area contributed by atoms with Crippen LogP contribution in [-0.4, -0.2) is 29.1 Å². The maximum absolute atomic E-state index is 12.1. The predicted octanol–water partition coefficient (Wildman–Crippen LogP) is 2.28. The Kier molecular flexibility index (Phi) is 5.71. The van der Waals surface area contributed by atoms with E-state index >= 15 is 0 Å². The molecule has 3 amide bonds. The molecule has 0 radical (unpaired) electrons. The van der Waals surface area contributed by atoms with Crippen LogP contribution in [0.25, 0.3) is 0 Å². The molecule has 1 aliphatic carbocycles. The molecule has 7 heteroatoms. The number of aromatic carboxylic acids is 1. The lowest BCUT2D eigenvalue weighted by Crippen LogP contribution is -2.34. The van der Waals surface area contributed by atoms with E-state index in [0.29, 0.717) is 18.2 Å². The van der Waals surface area contributed by atoms with Crippen LogP contribution >= 0.6 is 0 Å². The molecule has 0 spiro atoms. The summed E-state index contributed by atoms with van der Waals surface area (Å²) in [4.78, 5) is 34.8. The van der Waals surface area contributed by atoms with Gasteiger partial charge in [-0.3, -0.25) is 4.79 Å². The minimum Gasteiger partial charge on any atom is -0.478 e. The predicted molar refractivity (Wildman–Crippen MR) is 99.4 cm³/mol. The number of hydrogen-bond acceptors (Lipinski definition) is 3. The standard InChI is InChI=1S/C20H21N3O4/c24-18(23-17-8-9-17)16-3-1-2-14(10-16)12-22-20(27)21-11-13-4-6-15(7-5-13)19(25)26/h1-7,10,17H,8-9,11-12H2,(H,23,24)(H,25,26)(H2,21,22,27). The molecule has 1 fully saturated rings. The second-order valence-corrected chi connectivity index (χ2v) is 6.49. The van der Waals surface area contributed by atoms with E-state index in [1.54, 1.807) is 30.3 Å². The second-order valence-electron chi connectivity index (χ2n) is 6.49. The van der Waals surface area contributed by atoms with Gasteiger partial charge in [0.15, 0.2) is 0 Å². The normalized spacial score (nSPS) is 12.9. The first-order valence-corrected chi connectivity index (χ1v) is 8.75. The van der Waals surface area contributed by atoms with Crippen LogP contribution in [0.1, 0.15) is 44.7 Å². The fraction of sp³-hybridized carbons (Fsp3) is 0.250. The lowest BCUT2D eigenvalue weighted by molar-refractivity contribution is 0.0696. The molecule has 27 heavy (non-hydrogen) atoms. The Hall–Kier alpha value is -3.35. The van der Waals surface area contributed by atoms with Gasteiger partial charge in [-0.1, -0.05) is 24.3 Å². The molecule has 0 atom stereocenters. The van der Waals surface area contributed by atoms with Gasteiger partial charge in [0, 0.05) is 24.7 Å². The van der Waals surface area contributed by atoms with Crippen LogP contribution < -0.4 is 16.0 Å². The zero-order chi connectivity index (χ0) is 19.2. The van der Waals surface area contributed by atoms with E-state index in [1.165, 1.54) is 12.1 Å². The molecule has 7 nitrogen and oxygen atoms in total. The Balaban J connectivity index is 1.45. The van der Waals surface area contributed by atoms with Gasteiger partial charge in [0.05, 0.1) is 5.56 Å². The van der Waals surface area contributed by atoms with Crippen LogP contribution in [0.4, 0.5) is 4.79 Å². The molecule has 0 bridgehead atoms. The minimum absolute atomic E-state index is 0.0893. The molecule has 0 aliphatic heterocycles. The third-order valence-electron chi connectivity index (χ3n) is 4.21. The largest absolute Gasteiger partial charge is 0.478 e. The molecule has 2 aromatic rings. The highest BCUT2D eigenvalue weighted by Crippen LogP contribution is 2.19. The maximum Gasteiger partial charge on any atom is 0.335 e. The Morgan fingerprint density at radius 3 is 2.19 bits per heavy atom. The molecule has 140 valence electrons. The molecule has 4 N–H and O–H groups in total. The molecule has 1 saturated carbocycles. The number of carbonyl (C=O) groups is 3. The topological polar surface area (TPSA) is 108 Å². The van der Waals surface area contributed by atoms with Crippen molar-refractivity contribution in [2.75, 3.05) is 0 Å². The van der Waals surface area contributed by atoms with Crippen molar-refractivity contribution in [2.24, 2.45) is 0 Å². The maximum atomic E-state index is 12.1. The third kappa shape index (κ3) is 5.57. The molecule has 0 heterocycles. The smallest absolute Gasteiger partial charge is 0.335 e. The summed E-state index contributed by atoms with van der Waals surface area (Å²) in [5, 5.41) is 17.3. The molecule has 0 saturated heterocycles. The zero-order valence-corrected chi connectivity index (χ0v) is 14.7. The van der Waals surface area contributed by atoms with Crippen molar-refractivity contribution < 1.29 is 19.5 Å². The van der Waals surface area contributed by atoms with Crippen molar-refractivity contribution >= 4 is 17.9 Å². The average molecular weight is 367 g/mol. The van der Waals surface area contributed by atoms with Gasteiger partial charge in [-0.25, -0.2) is 9.59 Å². The zero-order valence-electron chi connectivity index (χ0n) is 14.7. The van der Waals surface area contributed by atoms with Crippen molar-refractivity contribution in [2.45, 2.75) is 32.0 Å². The number of hydrogen-bond donors (Lipinski definition) is 4. The molecule has 1 aliphatic rings. The summed E-state index contributed by atoms with van der Waals surface area (Å²) >= 11 is 0. The van der Waals surface area contributed by atoms with Gasteiger partial charge >= 0.3 is 12.0 Å². The molecule has 2 aromatic carbocycles. The van der Waals surface area contributed by atoms with Gasteiger partial charge in [0.25, 0.3) is 5.91 Å². The van der Waals surface area contributed by atoms with Crippen molar-refractivity contribution in [3.63, 3.8) is 0 Å². The monoisotopic (exact) mass is 367 g/mol. The van der Waals surface area contributed by atoms with Crippen molar-refractivity contribution in [1.29, 1.82) is 0 Å². The van der Waals surface area contributed by atoms with E-state index in [9.17, 15) is 14.4 Å². The number of rotatable bonds is 7. The number of carboxylic acids is 1. The Morgan fingerprint density at radius 2 is 1.56 bits per heavy atom. The van der Waals surface area contributed by atoms with Crippen LogP contribution in [0.2, 0.25) is 0 Å². The van der Waals surface area contributed by atoms with Crippen LogP contribution in [0.3, 0.4) is 0 Å². The Labute approximate surface area is 156 Å². The average Bonchev–Trinajstić information content (AvgIpc) is 3.49. The fourth-order valence-corrected chi connectivity index (χ4v) is 2.51. The number of carboxylic acid groups (broad SMARTS) is 1. The first-order valence-electron chi connectivity index (χ1n) is 8.75. The van der Waals surface area contributed by atoms with E-state index in [1.807, 2.05) is 6.07 Å². The van der Waals surface area contributed by atoms with E-state index in [4.69, 9.17) is 5.11 Å². The van der Waals surface area contributed by atoms with Gasteiger partial charge in [0.2, 0.25) is 0 Å². The van der Waals surface area contributed by atoms with Gasteiger partial charge in [0.1, 0.15) is 0 Å². The van der Waals surface area contributed by atoms with Gasteiger partial charge in [-0.2, -0.15) is 0 Å². The number of amides is 3. The highest BCUT2D eigenvalue weighted by Gasteiger charge is 2.23. The minimum atomic E-state index is -0.986. The summed E-state index contributed by atoms with van der Waals surface area (Å²) in [5.41, 5.74) is 2.42. The summed E-state index contributed by atoms with van der Waals surface area (Å²) in [6, 6.07) is 13.4. The van der Waals surface area contributed by atoms with Gasteiger partial charge in [-0.05, 0) is 48.2 Å². The Morgan fingerprint density at radius 1 is 0.889 bits per heavy atom. The lowest BCUT2D eigenvalue weighted by Gasteiger charge is -2.09. The third-order valence-corrected chi connectivity index (χ3v) is 4.21. The van der Waals surface area contributed by atoms with E-state index < -0.39 is 5.97 Å². The summed E-state index contributed by atoms with van der Waals surface area (Å²) in [7, 11) is 0. The quantitative estimate of drug-likeness (QED) is 0.602. The van der Waals surface area contributed by atoms with Crippen LogP contribution in [0.5, 0.6) is 0 Å². The highest BCUT2D eigenvalue weighted by molar-refractivity contribution is 5.94. The first-order chi connectivity index (χ1) is 13.0. The molecule has 0 aromatic heterocycles. The second kappa shape index (κ2) is 8.35. The van der Waals surface area contributed by atoms with E-state index in [0.717, 1.165) is 24.0 Å². The lowest BCUT2D eigenvalue weighted by atomic mass is 10.1. The molecular weight excluding hydrogens is 346 g/mol. The van der Waals surface area contributed by atoms with Crippen molar-refractivity contribution in [1.82, 2.24) is 16.0 Å². The molecular formula is C20H21N3O4. The molecule has 3 rings (SSSR count). The molecule has 0 unspecified atom stereocenters.